The molecule has 0 amide bonds. The second kappa shape index (κ2) is 12.6. The van der Waals surface area contributed by atoms with Crippen LogP contribution in [0.1, 0.15) is 58.3 Å². The van der Waals surface area contributed by atoms with Crippen LogP contribution in [0.15, 0.2) is 0 Å². The summed E-state index contributed by atoms with van der Waals surface area (Å²) in [6.07, 6.45) is 8.28. The van der Waals surface area contributed by atoms with Gasteiger partial charge in [-0.2, -0.15) is 0 Å². The Bertz CT molecular complexity index is 261. The predicted octanol–water partition coefficient (Wildman–Crippen LogP) is 2.45. The summed E-state index contributed by atoms with van der Waals surface area (Å²) in [6, 6.07) is 0. The van der Waals surface area contributed by atoms with Crippen molar-refractivity contribution >= 4 is 7.82 Å². The molecule has 1 rings (SSSR count). The van der Waals surface area contributed by atoms with Crippen molar-refractivity contribution in [2.24, 2.45) is 11.8 Å². The molecule has 1 fully saturated rings. The third-order valence-electron chi connectivity index (χ3n) is 3.74. The van der Waals surface area contributed by atoms with Crippen molar-refractivity contribution in [3.63, 3.8) is 0 Å². The quantitative estimate of drug-likeness (QED) is 0.403. The van der Waals surface area contributed by atoms with Gasteiger partial charge >= 0.3 is 7.82 Å². The molecule has 0 unspecified atom stereocenters. The Kier molecular flexibility index (Phi) is 12.6. The average molecular weight is 326 g/mol. The van der Waals surface area contributed by atoms with Gasteiger partial charge in [0, 0.05) is 13.2 Å². The number of rotatable bonds is 8. The van der Waals surface area contributed by atoms with Gasteiger partial charge in [0.2, 0.25) is 0 Å². The summed E-state index contributed by atoms with van der Waals surface area (Å²) in [5.74, 6) is 1.03. The first-order chi connectivity index (χ1) is 9.92. The van der Waals surface area contributed by atoms with E-state index in [-0.39, 0.29) is 6.61 Å². The number of phosphoric ester groups is 1. The molecule has 0 atom stereocenters. The predicted molar refractivity (Wildman–Crippen MR) is 81.8 cm³/mol. The molecule has 21 heavy (non-hydrogen) atoms. The summed E-state index contributed by atoms with van der Waals surface area (Å²) in [4.78, 5) is 16.5. The zero-order chi connectivity index (χ0) is 16.1. The fourth-order valence-electron chi connectivity index (χ4n) is 2.31. The Morgan fingerprint density at radius 3 is 1.76 bits per heavy atom. The standard InChI is InChI=1S/C8H16O2.C6H15O4P/c9-5-7-1-2-8(6-10)4-3-7;1-2-3-4-5-6-10-11(7,8)9/h7-10H,1-6H2;2-6H2,1H3,(H2,7,8,9)/t7-,8-;. The summed E-state index contributed by atoms with van der Waals surface area (Å²) < 4.78 is 14.4. The fraction of sp³-hybridized carbons (Fsp3) is 1.00. The smallest absolute Gasteiger partial charge is 0.396 e. The lowest BCUT2D eigenvalue weighted by Crippen LogP contribution is -2.19. The largest absolute Gasteiger partial charge is 0.469 e. The minimum Gasteiger partial charge on any atom is -0.396 e. The molecule has 7 heteroatoms. The van der Waals surface area contributed by atoms with Gasteiger partial charge in [-0.15, -0.1) is 0 Å². The van der Waals surface area contributed by atoms with Crippen LogP contribution >= 0.6 is 7.82 Å². The van der Waals surface area contributed by atoms with Gasteiger partial charge in [-0.3, -0.25) is 4.52 Å². The van der Waals surface area contributed by atoms with Crippen molar-refractivity contribution in [2.75, 3.05) is 19.8 Å². The first-order valence-electron chi connectivity index (χ1n) is 7.84. The van der Waals surface area contributed by atoms with Gasteiger partial charge in [-0.25, -0.2) is 4.57 Å². The van der Waals surface area contributed by atoms with Gasteiger partial charge in [0.25, 0.3) is 0 Å². The lowest BCUT2D eigenvalue weighted by Gasteiger charge is -2.25. The van der Waals surface area contributed by atoms with E-state index in [4.69, 9.17) is 20.0 Å². The van der Waals surface area contributed by atoms with Crippen molar-refractivity contribution in [3.05, 3.63) is 0 Å². The maximum Gasteiger partial charge on any atom is 0.469 e. The molecule has 6 nitrogen and oxygen atoms in total. The van der Waals surface area contributed by atoms with Gasteiger partial charge < -0.3 is 20.0 Å². The van der Waals surface area contributed by atoms with E-state index in [2.05, 4.69) is 11.4 Å². The number of aliphatic hydroxyl groups excluding tert-OH is 2. The van der Waals surface area contributed by atoms with E-state index < -0.39 is 7.82 Å². The number of hydrogen-bond donors (Lipinski definition) is 4. The van der Waals surface area contributed by atoms with Gasteiger partial charge in [-0.1, -0.05) is 26.2 Å². The fourth-order valence-corrected chi connectivity index (χ4v) is 2.68. The minimum atomic E-state index is -4.21. The van der Waals surface area contributed by atoms with Crippen molar-refractivity contribution in [2.45, 2.75) is 58.3 Å². The Morgan fingerprint density at radius 2 is 1.43 bits per heavy atom. The third-order valence-corrected chi connectivity index (χ3v) is 4.26. The maximum atomic E-state index is 10.1. The Balaban J connectivity index is 0.000000382. The number of aliphatic hydroxyl groups is 2. The van der Waals surface area contributed by atoms with Gasteiger partial charge in [0.1, 0.15) is 0 Å². The first-order valence-corrected chi connectivity index (χ1v) is 9.37. The molecule has 1 aliphatic carbocycles. The third kappa shape index (κ3) is 13.4. The maximum absolute atomic E-state index is 10.1. The topological polar surface area (TPSA) is 107 Å². The minimum absolute atomic E-state index is 0.157. The SMILES string of the molecule is CCCCCCOP(=O)(O)O.OC[C@H]1CC[C@H](CO)CC1. The summed E-state index contributed by atoms with van der Waals surface area (Å²) in [6.45, 7) is 2.89. The lowest BCUT2D eigenvalue weighted by molar-refractivity contribution is 0.131. The molecule has 0 aromatic rings. The zero-order valence-corrected chi connectivity index (χ0v) is 13.9. The molecular weight excluding hydrogens is 295 g/mol. The van der Waals surface area contributed by atoms with E-state index in [1.54, 1.807) is 0 Å². The highest BCUT2D eigenvalue weighted by molar-refractivity contribution is 7.46. The number of phosphoric acid groups is 1. The van der Waals surface area contributed by atoms with Crippen molar-refractivity contribution in [3.8, 4) is 0 Å². The van der Waals surface area contributed by atoms with Crippen molar-refractivity contribution in [1.82, 2.24) is 0 Å². The second-order valence-electron chi connectivity index (χ2n) is 5.64. The Morgan fingerprint density at radius 1 is 0.952 bits per heavy atom. The van der Waals surface area contributed by atoms with Crippen LogP contribution in [0.3, 0.4) is 0 Å². The van der Waals surface area contributed by atoms with Crippen molar-refractivity contribution < 1.29 is 29.1 Å². The number of unbranched alkanes of at least 4 members (excludes halogenated alkanes) is 3. The van der Waals surface area contributed by atoms with E-state index in [0.717, 1.165) is 51.4 Å². The Hall–Kier alpha value is 0.0300. The Labute approximate surface area is 127 Å². The zero-order valence-electron chi connectivity index (χ0n) is 13.0. The molecule has 0 heterocycles. The second-order valence-corrected chi connectivity index (χ2v) is 6.88. The van der Waals surface area contributed by atoms with E-state index >= 15 is 0 Å². The van der Waals surface area contributed by atoms with Gasteiger partial charge in [-0.05, 0) is 43.9 Å². The first kappa shape index (κ1) is 21.0. The highest BCUT2D eigenvalue weighted by atomic mass is 31.2. The van der Waals surface area contributed by atoms with E-state index in [9.17, 15) is 4.57 Å². The van der Waals surface area contributed by atoms with Gasteiger partial charge in [0.05, 0.1) is 6.61 Å². The number of hydrogen-bond acceptors (Lipinski definition) is 4. The van der Waals surface area contributed by atoms with Crippen LogP contribution in [-0.2, 0) is 9.09 Å². The van der Waals surface area contributed by atoms with E-state index in [0.29, 0.717) is 25.0 Å². The van der Waals surface area contributed by atoms with Crippen molar-refractivity contribution in [1.29, 1.82) is 0 Å². The molecule has 0 saturated heterocycles. The molecule has 1 aliphatic rings. The molecule has 128 valence electrons. The van der Waals surface area contributed by atoms with Crippen LogP contribution in [-0.4, -0.2) is 39.8 Å². The average Bonchev–Trinajstić information content (AvgIpc) is 2.47. The molecule has 0 radical (unpaired) electrons. The summed E-state index contributed by atoms with van der Waals surface area (Å²) in [7, 11) is -4.21. The molecule has 0 aromatic carbocycles. The summed E-state index contributed by atoms with van der Waals surface area (Å²) in [5.41, 5.74) is 0. The molecule has 0 aliphatic heterocycles. The summed E-state index contributed by atoms with van der Waals surface area (Å²) >= 11 is 0. The van der Waals surface area contributed by atoms with Crippen LogP contribution in [0.2, 0.25) is 0 Å². The van der Waals surface area contributed by atoms with Crippen LogP contribution < -0.4 is 0 Å². The molecule has 0 spiro atoms. The lowest BCUT2D eigenvalue weighted by atomic mass is 9.83. The highest BCUT2D eigenvalue weighted by Gasteiger charge is 2.19. The molecular formula is C14H31O6P. The molecule has 1 saturated carbocycles. The van der Waals surface area contributed by atoms with Gasteiger partial charge in [0.15, 0.2) is 0 Å². The van der Waals surface area contributed by atoms with E-state index in [1.807, 2.05) is 0 Å². The van der Waals surface area contributed by atoms with Crippen LogP contribution in [0.25, 0.3) is 0 Å². The van der Waals surface area contributed by atoms with Crippen LogP contribution in [0.4, 0.5) is 0 Å². The molecule has 0 bridgehead atoms. The summed E-state index contributed by atoms with van der Waals surface area (Å²) in [5, 5.41) is 17.6. The monoisotopic (exact) mass is 326 g/mol. The van der Waals surface area contributed by atoms with E-state index in [1.165, 1.54) is 0 Å². The highest BCUT2D eigenvalue weighted by Crippen LogP contribution is 2.35. The van der Waals surface area contributed by atoms with Crippen LogP contribution in [0, 0.1) is 11.8 Å². The normalized spacial score (nSPS) is 22.5. The molecule has 0 aromatic heterocycles. The molecule has 4 N–H and O–H groups in total. The van der Waals surface area contributed by atoms with Crippen LogP contribution in [0.5, 0.6) is 0 Å².